The summed E-state index contributed by atoms with van der Waals surface area (Å²) in [4.78, 5) is 2.07. The van der Waals surface area contributed by atoms with Gasteiger partial charge >= 0.3 is 0 Å². The molecule has 1 N–H and O–H groups in total. The van der Waals surface area contributed by atoms with Gasteiger partial charge in [0.2, 0.25) is 0 Å². The van der Waals surface area contributed by atoms with E-state index in [0.29, 0.717) is 6.42 Å². The molecule has 0 amide bonds. The lowest BCUT2D eigenvalue weighted by Crippen LogP contribution is -2.56. The maximum atomic E-state index is 13.8. The number of likely N-dealkylation sites (N-methyl/N-ethyl adjacent to an activating group) is 2. The Morgan fingerprint density at radius 2 is 1.74 bits per heavy atom. The van der Waals surface area contributed by atoms with Gasteiger partial charge in [-0.25, -0.2) is 8.78 Å². The fraction of sp³-hybridized carbons (Fsp3) is 0.600. The summed E-state index contributed by atoms with van der Waals surface area (Å²) < 4.78 is 27.5. The Balaban J connectivity index is 3.03. The Kier molecular flexibility index (Phi) is 5.44. The van der Waals surface area contributed by atoms with Crippen LogP contribution in [0.3, 0.4) is 0 Å². The van der Waals surface area contributed by atoms with Gasteiger partial charge in [0, 0.05) is 17.1 Å². The van der Waals surface area contributed by atoms with E-state index in [-0.39, 0.29) is 17.1 Å². The summed E-state index contributed by atoms with van der Waals surface area (Å²) in [6, 6.07) is 3.99. The van der Waals surface area contributed by atoms with Crippen LogP contribution in [0.2, 0.25) is 0 Å². The zero-order valence-electron chi connectivity index (χ0n) is 12.4. The van der Waals surface area contributed by atoms with Crippen molar-refractivity contribution in [1.82, 2.24) is 10.2 Å². The van der Waals surface area contributed by atoms with Gasteiger partial charge in [0.15, 0.2) is 0 Å². The smallest absolute Gasteiger partial charge is 0.129 e. The minimum absolute atomic E-state index is 0.0288. The molecule has 0 aliphatic rings. The Labute approximate surface area is 114 Å². The second kappa shape index (κ2) is 6.44. The molecule has 19 heavy (non-hydrogen) atoms. The molecule has 0 saturated heterocycles. The molecule has 0 heterocycles. The highest BCUT2D eigenvalue weighted by Crippen LogP contribution is 2.22. The Morgan fingerprint density at radius 1 is 1.21 bits per heavy atom. The van der Waals surface area contributed by atoms with Crippen LogP contribution in [-0.4, -0.2) is 37.1 Å². The molecule has 1 atom stereocenters. The van der Waals surface area contributed by atoms with Crippen LogP contribution >= 0.6 is 0 Å². The number of halogens is 2. The Bertz CT molecular complexity index is 396. The van der Waals surface area contributed by atoms with Gasteiger partial charge in [-0.3, -0.25) is 0 Å². The summed E-state index contributed by atoms with van der Waals surface area (Å²) >= 11 is 0. The third-order valence-corrected chi connectivity index (χ3v) is 3.93. The van der Waals surface area contributed by atoms with Crippen LogP contribution in [0.15, 0.2) is 18.2 Å². The molecule has 1 rings (SSSR count). The highest BCUT2D eigenvalue weighted by molar-refractivity contribution is 5.21. The largest absolute Gasteiger partial charge is 0.312 e. The van der Waals surface area contributed by atoms with Gasteiger partial charge in [-0.05, 0) is 53.0 Å². The summed E-state index contributed by atoms with van der Waals surface area (Å²) in [6.07, 6.45) is 0.331. The first-order chi connectivity index (χ1) is 8.80. The zero-order chi connectivity index (χ0) is 14.6. The molecule has 0 spiro atoms. The molecular formula is C15H24F2N2. The summed E-state index contributed by atoms with van der Waals surface area (Å²) in [5, 5.41) is 3.33. The van der Waals surface area contributed by atoms with Crippen LogP contribution < -0.4 is 5.32 Å². The van der Waals surface area contributed by atoms with Gasteiger partial charge in [-0.1, -0.05) is 13.0 Å². The summed E-state index contributed by atoms with van der Waals surface area (Å²) in [6.45, 7) is 6.90. The summed E-state index contributed by atoms with van der Waals surface area (Å²) in [7, 11) is 3.95. The molecule has 1 aromatic carbocycles. The number of nitrogens with zero attached hydrogens (tertiary/aromatic N) is 1. The van der Waals surface area contributed by atoms with E-state index in [9.17, 15) is 8.78 Å². The lowest BCUT2D eigenvalue weighted by atomic mass is 9.87. The van der Waals surface area contributed by atoms with Gasteiger partial charge in [0.25, 0.3) is 0 Å². The van der Waals surface area contributed by atoms with Gasteiger partial charge in [0.05, 0.1) is 0 Å². The average molecular weight is 270 g/mol. The van der Waals surface area contributed by atoms with Crippen molar-refractivity contribution in [3.8, 4) is 0 Å². The summed E-state index contributed by atoms with van der Waals surface area (Å²) in [5.41, 5.74) is -0.0477. The number of nitrogens with one attached hydrogen (secondary N) is 1. The third-order valence-electron chi connectivity index (χ3n) is 3.93. The first-order valence-corrected chi connectivity index (χ1v) is 6.64. The second-order valence-electron chi connectivity index (χ2n) is 5.56. The maximum Gasteiger partial charge on any atom is 0.129 e. The molecule has 0 aromatic heterocycles. The van der Waals surface area contributed by atoms with E-state index in [2.05, 4.69) is 24.1 Å². The molecule has 0 saturated carbocycles. The van der Waals surface area contributed by atoms with Gasteiger partial charge in [-0.2, -0.15) is 0 Å². The van der Waals surface area contributed by atoms with E-state index < -0.39 is 11.6 Å². The van der Waals surface area contributed by atoms with Crippen LogP contribution in [0.25, 0.3) is 0 Å². The lowest BCUT2D eigenvalue weighted by Gasteiger charge is -2.40. The van der Waals surface area contributed by atoms with Crippen LogP contribution in [0.1, 0.15) is 26.3 Å². The fourth-order valence-electron chi connectivity index (χ4n) is 2.06. The van der Waals surface area contributed by atoms with Crippen LogP contribution in [0, 0.1) is 11.6 Å². The number of benzene rings is 1. The number of hydrogen-bond donors (Lipinski definition) is 1. The first kappa shape index (κ1) is 16.1. The van der Waals surface area contributed by atoms with E-state index in [1.54, 1.807) is 0 Å². The highest BCUT2D eigenvalue weighted by Gasteiger charge is 2.32. The Hall–Kier alpha value is -1.00. The molecule has 0 fully saturated rings. The lowest BCUT2D eigenvalue weighted by molar-refractivity contribution is 0.137. The zero-order valence-corrected chi connectivity index (χ0v) is 12.4. The first-order valence-electron chi connectivity index (χ1n) is 6.64. The summed E-state index contributed by atoms with van der Waals surface area (Å²) in [5.74, 6) is -0.949. The molecule has 108 valence electrons. The van der Waals surface area contributed by atoms with Gasteiger partial charge in [0.1, 0.15) is 11.6 Å². The van der Waals surface area contributed by atoms with Gasteiger partial charge in [-0.15, -0.1) is 0 Å². The number of rotatable bonds is 6. The van der Waals surface area contributed by atoms with Crippen molar-refractivity contribution in [3.63, 3.8) is 0 Å². The van der Waals surface area contributed by atoms with Crippen molar-refractivity contribution < 1.29 is 8.78 Å². The molecule has 1 unspecified atom stereocenters. The second-order valence-corrected chi connectivity index (χ2v) is 5.56. The van der Waals surface area contributed by atoms with Crippen molar-refractivity contribution in [3.05, 3.63) is 35.4 Å². The standard InChI is InChI=1S/C15H24F2N2/c1-6-18-14(15(2,3)19(4)5)10-11-12(16)8-7-9-13(11)17/h7-9,14,18H,6,10H2,1-5H3. The molecule has 0 aliphatic heterocycles. The van der Waals surface area contributed by atoms with Crippen molar-refractivity contribution in [2.24, 2.45) is 0 Å². The van der Waals surface area contributed by atoms with E-state index in [4.69, 9.17) is 0 Å². The van der Waals surface area contributed by atoms with Crippen molar-refractivity contribution in [2.75, 3.05) is 20.6 Å². The average Bonchev–Trinajstić information content (AvgIpc) is 2.32. The Morgan fingerprint density at radius 3 is 2.16 bits per heavy atom. The minimum Gasteiger partial charge on any atom is -0.312 e. The van der Waals surface area contributed by atoms with E-state index in [0.717, 1.165) is 6.54 Å². The monoisotopic (exact) mass is 270 g/mol. The van der Waals surface area contributed by atoms with E-state index in [1.165, 1.54) is 18.2 Å². The van der Waals surface area contributed by atoms with E-state index >= 15 is 0 Å². The maximum absolute atomic E-state index is 13.8. The third kappa shape index (κ3) is 3.74. The van der Waals surface area contributed by atoms with Crippen molar-refractivity contribution >= 4 is 0 Å². The molecule has 0 bridgehead atoms. The molecule has 2 nitrogen and oxygen atoms in total. The topological polar surface area (TPSA) is 15.3 Å². The molecule has 0 radical (unpaired) electrons. The van der Waals surface area contributed by atoms with Crippen LogP contribution in [-0.2, 0) is 6.42 Å². The normalized spacial score (nSPS) is 13.9. The number of hydrogen-bond acceptors (Lipinski definition) is 2. The van der Waals surface area contributed by atoms with Crippen LogP contribution in [0.5, 0.6) is 0 Å². The van der Waals surface area contributed by atoms with Crippen molar-refractivity contribution in [1.29, 1.82) is 0 Å². The quantitative estimate of drug-likeness (QED) is 0.855. The van der Waals surface area contributed by atoms with Crippen LogP contribution in [0.4, 0.5) is 8.78 Å². The minimum atomic E-state index is -0.475. The molecule has 0 aliphatic carbocycles. The van der Waals surface area contributed by atoms with Crippen molar-refractivity contribution in [2.45, 2.75) is 38.8 Å². The highest BCUT2D eigenvalue weighted by atomic mass is 19.1. The predicted molar refractivity (Wildman–Crippen MR) is 75.3 cm³/mol. The van der Waals surface area contributed by atoms with E-state index in [1.807, 2.05) is 21.0 Å². The van der Waals surface area contributed by atoms with Gasteiger partial charge < -0.3 is 10.2 Å². The SMILES string of the molecule is CCNC(Cc1c(F)cccc1F)C(C)(C)N(C)C. The molecular weight excluding hydrogens is 246 g/mol. The molecule has 1 aromatic rings. The predicted octanol–water partition coefficient (Wildman–Crippen LogP) is 2.83. The fourth-order valence-corrected chi connectivity index (χ4v) is 2.06. The molecule has 4 heteroatoms.